The molecule has 0 spiro atoms. The molecule has 0 amide bonds. The van der Waals surface area contributed by atoms with Crippen LogP contribution in [-0.2, 0) is 0 Å². The molecule has 0 fully saturated rings. The number of nitrogens with two attached hydrogens (primary N) is 1. The minimum atomic E-state index is -0.315. The molecule has 2 nitrogen and oxygen atoms in total. The number of hydrogen-bond donors (Lipinski definition) is 1. The molecule has 0 saturated heterocycles. The lowest BCUT2D eigenvalue weighted by Crippen LogP contribution is -2.41. The Morgan fingerprint density at radius 3 is 2.32 bits per heavy atom. The molecule has 0 aliphatic carbocycles. The highest BCUT2D eigenvalue weighted by Gasteiger charge is 2.24. The van der Waals surface area contributed by atoms with Gasteiger partial charge in [0.1, 0.15) is 5.82 Å². The van der Waals surface area contributed by atoms with Crippen LogP contribution in [0.15, 0.2) is 18.2 Å². The molecule has 1 unspecified atom stereocenters. The number of halogens is 2. The van der Waals surface area contributed by atoms with Gasteiger partial charge in [0.2, 0.25) is 0 Å². The first kappa shape index (κ1) is 16.4. The van der Waals surface area contributed by atoms with Crippen LogP contribution >= 0.6 is 11.6 Å². The Kier molecular flexibility index (Phi) is 6.24. The molecule has 1 rings (SSSR count). The quantitative estimate of drug-likeness (QED) is 0.861. The van der Waals surface area contributed by atoms with Gasteiger partial charge in [-0.3, -0.25) is 4.90 Å². The highest BCUT2D eigenvalue weighted by molar-refractivity contribution is 6.31. The van der Waals surface area contributed by atoms with E-state index in [0.29, 0.717) is 23.5 Å². The van der Waals surface area contributed by atoms with Gasteiger partial charge in [0, 0.05) is 30.2 Å². The zero-order valence-electron chi connectivity index (χ0n) is 12.2. The standard InChI is InChI=1S/C15H24ClFN2/c1-10(2)9-19(11(3)4)15(8-18)13-6-5-12(17)7-14(13)16/h5-7,10-11,15H,8-9,18H2,1-4H3. The molecule has 1 atom stereocenters. The lowest BCUT2D eigenvalue weighted by atomic mass is 10.0. The van der Waals surface area contributed by atoms with E-state index in [-0.39, 0.29) is 11.9 Å². The van der Waals surface area contributed by atoms with Gasteiger partial charge in [-0.1, -0.05) is 31.5 Å². The molecule has 0 radical (unpaired) electrons. The molecule has 0 aliphatic heterocycles. The van der Waals surface area contributed by atoms with Crippen LogP contribution in [0.3, 0.4) is 0 Å². The van der Waals surface area contributed by atoms with Crippen LogP contribution in [0.4, 0.5) is 4.39 Å². The lowest BCUT2D eigenvalue weighted by molar-refractivity contribution is 0.138. The summed E-state index contributed by atoms with van der Waals surface area (Å²) < 4.78 is 13.2. The maximum Gasteiger partial charge on any atom is 0.124 e. The summed E-state index contributed by atoms with van der Waals surface area (Å²) in [5, 5.41) is 0.449. The van der Waals surface area contributed by atoms with Gasteiger partial charge in [-0.15, -0.1) is 0 Å². The van der Waals surface area contributed by atoms with E-state index in [1.807, 2.05) is 0 Å². The predicted octanol–water partition coefficient (Wildman–Crippen LogP) is 3.85. The number of nitrogens with zero attached hydrogens (tertiary/aromatic N) is 1. The molecule has 1 aromatic rings. The molecule has 1 aromatic carbocycles. The zero-order chi connectivity index (χ0) is 14.6. The van der Waals surface area contributed by atoms with Gasteiger partial charge >= 0.3 is 0 Å². The summed E-state index contributed by atoms with van der Waals surface area (Å²) in [5.41, 5.74) is 6.83. The SMILES string of the molecule is CC(C)CN(C(C)C)C(CN)c1ccc(F)cc1Cl. The molecule has 0 bridgehead atoms. The molecule has 19 heavy (non-hydrogen) atoms. The number of hydrogen-bond acceptors (Lipinski definition) is 2. The second-order valence-electron chi connectivity index (χ2n) is 5.60. The molecular weight excluding hydrogens is 263 g/mol. The van der Waals surface area contributed by atoms with E-state index in [2.05, 4.69) is 32.6 Å². The van der Waals surface area contributed by atoms with E-state index in [4.69, 9.17) is 17.3 Å². The highest BCUT2D eigenvalue weighted by atomic mass is 35.5. The summed E-state index contributed by atoms with van der Waals surface area (Å²) in [4.78, 5) is 2.32. The normalized spacial score (nSPS) is 13.6. The van der Waals surface area contributed by atoms with Crippen molar-refractivity contribution in [2.45, 2.75) is 39.8 Å². The summed E-state index contributed by atoms with van der Waals surface area (Å²) in [7, 11) is 0. The maximum atomic E-state index is 13.2. The molecule has 0 saturated carbocycles. The minimum absolute atomic E-state index is 0.0236. The van der Waals surface area contributed by atoms with Gasteiger partial charge in [-0.25, -0.2) is 4.39 Å². The summed E-state index contributed by atoms with van der Waals surface area (Å²) in [5.74, 6) is 0.222. The topological polar surface area (TPSA) is 29.3 Å². The molecule has 0 aliphatic rings. The molecule has 108 valence electrons. The van der Waals surface area contributed by atoms with Crippen molar-refractivity contribution in [2.75, 3.05) is 13.1 Å². The van der Waals surface area contributed by atoms with E-state index in [1.54, 1.807) is 6.07 Å². The van der Waals surface area contributed by atoms with Crippen LogP contribution in [0.2, 0.25) is 5.02 Å². The Hall–Kier alpha value is -0.640. The summed E-state index contributed by atoms with van der Waals surface area (Å²) in [6.45, 7) is 10.0. The van der Waals surface area contributed by atoms with Crippen molar-refractivity contribution in [1.29, 1.82) is 0 Å². The van der Waals surface area contributed by atoms with Crippen molar-refractivity contribution < 1.29 is 4.39 Å². The first-order valence-electron chi connectivity index (χ1n) is 6.77. The van der Waals surface area contributed by atoms with Crippen molar-refractivity contribution in [3.8, 4) is 0 Å². The van der Waals surface area contributed by atoms with E-state index in [0.717, 1.165) is 12.1 Å². The number of benzene rings is 1. The Bertz CT molecular complexity index is 407. The summed E-state index contributed by atoms with van der Waals surface area (Å²) in [6.07, 6.45) is 0. The monoisotopic (exact) mass is 286 g/mol. The van der Waals surface area contributed by atoms with Crippen LogP contribution in [0.1, 0.15) is 39.3 Å². The summed E-state index contributed by atoms with van der Waals surface area (Å²) >= 11 is 6.17. The van der Waals surface area contributed by atoms with Gasteiger partial charge in [-0.05, 0) is 37.5 Å². The third-order valence-corrected chi connectivity index (χ3v) is 3.51. The fourth-order valence-electron chi connectivity index (χ4n) is 2.33. The molecule has 0 heterocycles. The van der Waals surface area contributed by atoms with Crippen molar-refractivity contribution in [2.24, 2.45) is 11.7 Å². The van der Waals surface area contributed by atoms with Gasteiger partial charge in [0.15, 0.2) is 0 Å². The first-order valence-corrected chi connectivity index (χ1v) is 7.15. The Morgan fingerprint density at radius 2 is 1.89 bits per heavy atom. The molecule has 0 aromatic heterocycles. The van der Waals surface area contributed by atoms with Gasteiger partial charge in [0.25, 0.3) is 0 Å². The Morgan fingerprint density at radius 1 is 1.26 bits per heavy atom. The molecular formula is C15H24ClFN2. The van der Waals surface area contributed by atoms with Crippen LogP contribution in [0, 0.1) is 11.7 Å². The predicted molar refractivity (Wildman–Crippen MR) is 79.9 cm³/mol. The second-order valence-corrected chi connectivity index (χ2v) is 6.01. The van der Waals surface area contributed by atoms with Crippen LogP contribution in [0.25, 0.3) is 0 Å². The van der Waals surface area contributed by atoms with Gasteiger partial charge in [-0.2, -0.15) is 0 Å². The Balaban J connectivity index is 3.08. The highest BCUT2D eigenvalue weighted by Crippen LogP contribution is 2.29. The van der Waals surface area contributed by atoms with E-state index < -0.39 is 0 Å². The van der Waals surface area contributed by atoms with Crippen molar-refractivity contribution >= 4 is 11.6 Å². The third-order valence-electron chi connectivity index (χ3n) is 3.18. The van der Waals surface area contributed by atoms with Gasteiger partial charge < -0.3 is 5.73 Å². The maximum absolute atomic E-state index is 13.2. The van der Waals surface area contributed by atoms with Crippen molar-refractivity contribution in [3.63, 3.8) is 0 Å². The molecule has 2 N–H and O–H groups in total. The smallest absolute Gasteiger partial charge is 0.124 e. The average molecular weight is 287 g/mol. The van der Waals surface area contributed by atoms with Crippen molar-refractivity contribution in [3.05, 3.63) is 34.6 Å². The van der Waals surface area contributed by atoms with E-state index in [9.17, 15) is 4.39 Å². The summed E-state index contributed by atoms with van der Waals surface area (Å²) in [6, 6.07) is 4.92. The Labute approximate surface area is 120 Å². The third kappa shape index (κ3) is 4.44. The van der Waals surface area contributed by atoms with Gasteiger partial charge in [0.05, 0.1) is 0 Å². The lowest BCUT2D eigenvalue weighted by Gasteiger charge is -2.36. The first-order chi connectivity index (χ1) is 8.86. The van der Waals surface area contributed by atoms with Crippen LogP contribution < -0.4 is 5.73 Å². The van der Waals surface area contributed by atoms with E-state index >= 15 is 0 Å². The van der Waals surface area contributed by atoms with Crippen molar-refractivity contribution in [1.82, 2.24) is 4.90 Å². The second kappa shape index (κ2) is 7.22. The van der Waals surface area contributed by atoms with Crippen LogP contribution in [0.5, 0.6) is 0 Å². The van der Waals surface area contributed by atoms with Crippen LogP contribution in [-0.4, -0.2) is 24.0 Å². The zero-order valence-corrected chi connectivity index (χ0v) is 12.9. The minimum Gasteiger partial charge on any atom is -0.329 e. The molecule has 4 heteroatoms. The largest absolute Gasteiger partial charge is 0.329 e. The number of rotatable bonds is 6. The fraction of sp³-hybridized carbons (Fsp3) is 0.600. The fourth-order valence-corrected chi connectivity index (χ4v) is 2.63. The van der Waals surface area contributed by atoms with E-state index in [1.165, 1.54) is 12.1 Å². The average Bonchev–Trinajstić information content (AvgIpc) is 2.30.